The quantitative estimate of drug-likeness (QED) is 0.883. The van der Waals surface area contributed by atoms with Crippen LogP contribution in [0.4, 0.5) is 18.9 Å². The Labute approximate surface area is 123 Å². The van der Waals surface area contributed by atoms with Gasteiger partial charge in [-0.1, -0.05) is 6.42 Å². The lowest BCUT2D eigenvalue weighted by atomic mass is 9.82. The Balaban J connectivity index is 1.64. The van der Waals surface area contributed by atoms with Crippen molar-refractivity contribution in [2.75, 3.05) is 12.4 Å². The number of nitrogens with zero attached hydrogens (tertiary/aromatic N) is 1. The molecule has 2 atom stereocenters. The van der Waals surface area contributed by atoms with Crippen molar-refractivity contribution < 1.29 is 13.2 Å². The zero-order valence-corrected chi connectivity index (χ0v) is 12.2. The van der Waals surface area contributed by atoms with Crippen molar-refractivity contribution >= 4 is 5.69 Å². The fraction of sp³-hybridized carbons (Fsp3) is 0.625. The molecule has 0 saturated carbocycles. The number of rotatable bonds is 2. The summed E-state index contributed by atoms with van der Waals surface area (Å²) in [5, 5.41) is 3.41. The summed E-state index contributed by atoms with van der Waals surface area (Å²) in [4.78, 5) is 2.48. The molecule has 2 aliphatic rings. The van der Waals surface area contributed by atoms with Crippen LogP contribution in [0.5, 0.6) is 0 Å². The first kappa shape index (κ1) is 14.7. The first-order valence-corrected chi connectivity index (χ1v) is 7.59. The number of benzene rings is 1. The van der Waals surface area contributed by atoms with Crippen LogP contribution in [0.3, 0.4) is 0 Å². The summed E-state index contributed by atoms with van der Waals surface area (Å²) in [6, 6.07) is 6.98. The zero-order chi connectivity index (χ0) is 15.0. The maximum absolute atomic E-state index is 12.6. The number of halogens is 3. The van der Waals surface area contributed by atoms with Gasteiger partial charge >= 0.3 is 6.18 Å². The second-order valence-corrected chi connectivity index (χ2v) is 6.29. The predicted molar refractivity (Wildman–Crippen MR) is 77.3 cm³/mol. The fourth-order valence-corrected chi connectivity index (χ4v) is 3.72. The monoisotopic (exact) mass is 298 g/mol. The van der Waals surface area contributed by atoms with Crippen LogP contribution in [0.2, 0.25) is 0 Å². The second kappa shape index (κ2) is 5.52. The summed E-state index contributed by atoms with van der Waals surface area (Å²) in [5.74, 6) is 0. The molecule has 2 bridgehead atoms. The number of nitrogens with one attached hydrogen (secondary N) is 1. The summed E-state index contributed by atoms with van der Waals surface area (Å²) >= 11 is 0. The van der Waals surface area contributed by atoms with Gasteiger partial charge in [0, 0.05) is 23.8 Å². The molecule has 1 N–H and O–H groups in total. The van der Waals surface area contributed by atoms with E-state index in [-0.39, 0.29) is 0 Å². The summed E-state index contributed by atoms with van der Waals surface area (Å²) in [7, 11) is 2.20. The lowest BCUT2D eigenvalue weighted by molar-refractivity contribution is -0.137. The molecular formula is C16H21F3N2. The molecule has 2 aliphatic heterocycles. The molecule has 0 spiro atoms. The van der Waals surface area contributed by atoms with Crippen LogP contribution in [0, 0.1) is 0 Å². The normalized spacial score (nSPS) is 30.2. The molecule has 5 heteroatoms. The third-order valence-electron chi connectivity index (χ3n) is 4.92. The molecular weight excluding hydrogens is 277 g/mol. The van der Waals surface area contributed by atoms with Crippen LogP contribution >= 0.6 is 0 Å². The van der Waals surface area contributed by atoms with Gasteiger partial charge in [0.2, 0.25) is 0 Å². The molecule has 0 amide bonds. The van der Waals surface area contributed by atoms with E-state index in [1.807, 2.05) is 0 Å². The van der Waals surface area contributed by atoms with Crippen LogP contribution in [-0.2, 0) is 6.18 Å². The Hall–Kier alpha value is -1.23. The summed E-state index contributed by atoms with van der Waals surface area (Å²) in [6.07, 6.45) is 1.66. The third kappa shape index (κ3) is 3.18. The van der Waals surface area contributed by atoms with Gasteiger partial charge in [-0.15, -0.1) is 0 Å². The predicted octanol–water partition coefficient (Wildman–Crippen LogP) is 4.13. The van der Waals surface area contributed by atoms with E-state index >= 15 is 0 Å². The van der Waals surface area contributed by atoms with E-state index in [2.05, 4.69) is 17.3 Å². The van der Waals surface area contributed by atoms with E-state index in [4.69, 9.17) is 0 Å². The van der Waals surface area contributed by atoms with Gasteiger partial charge in [0.1, 0.15) is 0 Å². The summed E-state index contributed by atoms with van der Waals surface area (Å²) in [5.41, 5.74) is 0.198. The molecule has 0 aliphatic carbocycles. The highest BCUT2D eigenvalue weighted by Gasteiger charge is 2.36. The number of anilines is 1. The third-order valence-corrected chi connectivity index (χ3v) is 4.92. The average Bonchev–Trinajstić information content (AvgIpc) is 2.39. The zero-order valence-electron chi connectivity index (χ0n) is 12.2. The van der Waals surface area contributed by atoms with Crippen molar-refractivity contribution in [2.45, 2.75) is 56.4 Å². The van der Waals surface area contributed by atoms with Crippen LogP contribution in [0.1, 0.15) is 37.7 Å². The van der Waals surface area contributed by atoms with Crippen LogP contribution in [0.15, 0.2) is 24.3 Å². The smallest absolute Gasteiger partial charge is 0.382 e. The lowest BCUT2D eigenvalue weighted by Crippen LogP contribution is -2.52. The number of hydrogen-bond donors (Lipinski definition) is 1. The Morgan fingerprint density at radius 1 is 1.05 bits per heavy atom. The maximum atomic E-state index is 12.6. The molecule has 2 unspecified atom stereocenters. The van der Waals surface area contributed by atoms with Gasteiger partial charge in [0.15, 0.2) is 0 Å². The molecule has 2 fully saturated rings. The Kier molecular flexibility index (Phi) is 3.86. The molecule has 2 heterocycles. The Morgan fingerprint density at radius 2 is 1.62 bits per heavy atom. The first-order valence-electron chi connectivity index (χ1n) is 7.59. The second-order valence-electron chi connectivity index (χ2n) is 6.29. The molecule has 21 heavy (non-hydrogen) atoms. The molecule has 1 aromatic carbocycles. The topological polar surface area (TPSA) is 15.3 Å². The summed E-state index contributed by atoms with van der Waals surface area (Å²) in [6.45, 7) is 0. The van der Waals surface area contributed by atoms with E-state index in [9.17, 15) is 13.2 Å². The standard InChI is InChI=1S/C16H21F3N2/c1-21-14-3-2-4-15(21)10-13(9-14)20-12-7-5-11(6-8-12)16(17,18)19/h5-8,13-15,20H,2-4,9-10H2,1H3. The number of piperidine rings is 2. The van der Waals surface area contributed by atoms with E-state index in [1.165, 1.54) is 31.4 Å². The van der Waals surface area contributed by atoms with Gasteiger partial charge in [-0.3, -0.25) is 0 Å². The molecule has 1 aromatic rings. The highest BCUT2D eigenvalue weighted by molar-refractivity contribution is 5.46. The Bertz CT molecular complexity index is 469. The minimum absolute atomic E-state index is 0.369. The van der Waals surface area contributed by atoms with E-state index in [0.29, 0.717) is 18.1 Å². The SMILES string of the molecule is CN1C2CCCC1CC(Nc1ccc(C(F)(F)F)cc1)C2. The van der Waals surface area contributed by atoms with E-state index < -0.39 is 11.7 Å². The van der Waals surface area contributed by atoms with E-state index in [0.717, 1.165) is 30.7 Å². The van der Waals surface area contributed by atoms with Crippen molar-refractivity contribution in [3.63, 3.8) is 0 Å². The Morgan fingerprint density at radius 3 is 2.14 bits per heavy atom. The number of fused-ring (bicyclic) bond motifs is 2. The molecule has 0 radical (unpaired) electrons. The molecule has 2 nitrogen and oxygen atoms in total. The lowest BCUT2D eigenvalue weighted by Gasteiger charge is -2.47. The molecule has 116 valence electrons. The van der Waals surface area contributed by atoms with Gasteiger partial charge in [0.05, 0.1) is 5.56 Å². The van der Waals surface area contributed by atoms with Gasteiger partial charge in [0.25, 0.3) is 0 Å². The number of alkyl halides is 3. The average molecular weight is 298 g/mol. The van der Waals surface area contributed by atoms with Crippen LogP contribution in [0.25, 0.3) is 0 Å². The van der Waals surface area contributed by atoms with Crippen molar-refractivity contribution in [1.82, 2.24) is 4.90 Å². The first-order chi connectivity index (χ1) is 9.93. The highest BCUT2D eigenvalue weighted by Crippen LogP contribution is 2.34. The van der Waals surface area contributed by atoms with Gasteiger partial charge in [-0.05, 0) is 57.0 Å². The van der Waals surface area contributed by atoms with Gasteiger partial charge < -0.3 is 10.2 Å². The van der Waals surface area contributed by atoms with Crippen molar-refractivity contribution in [2.24, 2.45) is 0 Å². The highest BCUT2D eigenvalue weighted by atomic mass is 19.4. The minimum atomic E-state index is -4.26. The largest absolute Gasteiger partial charge is 0.416 e. The van der Waals surface area contributed by atoms with E-state index in [1.54, 1.807) is 0 Å². The maximum Gasteiger partial charge on any atom is 0.416 e. The van der Waals surface area contributed by atoms with Crippen LogP contribution < -0.4 is 5.32 Å². The fourth-order valence-electron chi connectivity index (χ4n) is 3.72. The minimum Gasteiger partial charge on any atom is -0.382 e. The van der Waals surface area contributed by atoms with Crippen molar-refractivity contribution in [3.05, 3.63) is 29.8 Å². The van der Waals surface area contributed by atoms with Gasteiger partial charge in [-0.25, -0.2) is 0 Å². The molecule has 2 saturated heterocycles. The van der Waals surface area contributed by atoms with Crippen LogP contribution in [-0.4, -0.2) is 30.1 Å². The number of hydrogen-bond acceptors (Lipinski definition) is 2. The van der Waals surface area contributed by atoms with Crippen molar-refractivity contribution in [3.8, 4) is 0 Å². The van der Waals surface area contributed by atoms with Crippen molar-refractivity contribution in [1.29, 1.82) is 0 Å². The summed E-state index contributed by atoms with van der Waals surface area (Å²) < 4.78 is 37.7. The van der Waals surface area contributed by atoms with Gasteiger partial charge in [-0.2, -0.15) is 13.2 Å². The molecule has 3 rings (SSSR count). The molecule has 0 aromatic heterocycles.